The zero-order valence-electron chi connectivity index (χ0n) is 18.0. The first kappa shape index (κ1) is 23.3. The average Bonchev–Trinajstić information content (AvgIpc) is 3.20. The van der Waals surface area contributed by atoms with E-state index in [1.54, 1.807) is 43.0 Å². The number of nitrogens with zero attached hydrogens (tertiary/aromatic N) is 4. The topological polar surface area (TPSA) is 149 Å². The summed E-state index contributed by atoms with van der Waals surface area (Å²) in [6.45, 7) is 3.03. The van der Waals surface area contributed by atoms with Crippen LogP contribution < -0.4 is 10.1 Å². The van der Waals surface area contributed by atoms with Gasteiger partial charge in [-0.15, -0.1) is 0 Å². The van der Waals surface area contributed by atoms with E-state index in [0.29, 0.717) is 33.7 Å². The third kappa shape index (κ3) is 5.19. The van der Waals surface area contributed by atoms with Gasteiger partial charge in [0.25, 0.3) is 0 Å². The van der Waals surface area contributed by atoms with Gasteiger partial charge < -0.3 is 24.4 Å². The molecule has 4 aromatic rings. The van der Waals surface area contributed by atoms with Crippen LogP contribution >= 0.6 is 7.82 Å². The normalized spacial score (nSPS) is 11.4. The second-order valence-electron chi connectivity index (χ2n) is 7.10. The highest BCUT2D eigenvalue weighted by Crippen LogP contribution is 2.38. The molecule has 0 saturated heterocycles. The van der Waals surface area contributed by atoms with E-state index in [1.807, 2.05) is 6.07 Å². The molecular formula is C22H20N5O6P. The molecule has 4 heterocycles. The van der Waals surface area contributed by atoms with E-state index >= 15 is 0 Å². The molecule has 0 unspecified atom stereocenters. The van der Waals surface area contributed by atoms with Crippen molar-refractivity contribution in [1.29, 1.82) is 0 Å². The summed E-state index contributed by atoms with van der Waals surface area (Å²) in [5, 5.41) is 3.36. The van der Waals surface area contributed by atoms with E-state index in [2.05, 4.69) is 26.8 Å². The molecule has 0 aliphatic heterocycles. The van der Waals surface area contributed by atoms with Crippen molar-refractivity contribution in [3.8, 4) is 28.1 Å². The van der Waals surface area contributed by atoms with E-state index < -0.39 is 14.6 Å². The van der Waals surface area contributed by atoms with Gasteiger partial charge >= 0.3 is 7.82 Å². The molecule has 34 heavy (non-hydrogen) atoms. The van der Waals surface area contributed by atoms with E-state index in [4.69, 9.17) is 19.0 Å². The fourth-order valence-electron chi connectivity index (χ4n) is 3.34. The van der Waals surface area contributed by atoms with Crippen molar-refractivity contribution in [3.63, 3.8) is 0 Å². The number of carbonyl (C=O) groups excluding carboxylic acids is 1. The Morgan fingerprint density at radius 1 is 1.18 bits per heavy atom. The Bertz CT molecular complexity index is 1430. The number of phosphoric acid groups is 1. The number of rotatable bonds is 8. The Kier molecular flexibility index (Phi) is 6.53. The molecule has 0 aromatic carbocycles. The van der Waals surface area contributed by atoms with Gasteiger partial charge in [0.05, 0.1) is 19.0 Å². The van der Waals surface area contributed by atoms with Crippen molar-refractivity contribution < 1.29 is 28.4 Å². The monoisotopic (exact) mass is 481 g/mol. The van der Waals surface area contributed by atoms with E-state index in [1.165, 1.54) is 17.9 Å². The van der Waals surface area contributed by atoms with Gasteiger partial charge in [0, 0.05) is 52.9 Å². The number of pyridine rings is 3. The van der Waals surface area contributed by atoms with Crippen molar-refractivity contribution in [2.75, 3.05) is 12.4 Å². The lowest BCUT2D eigenvalue weighted by atomic mass is 10.0. The van der Waals surface area contributed by atoms with Gasteiger partial charge in [-0.05, 0) is 29.8 Å². The minimum Gasteiger partial charge on any atom is -0.481 e. The Morgan fingerprint density at radius 3 is 2.71 bits per heavy atom. The van der Waals surface area contributed by atoms with Gasteiger partial charge in [-0.25, -0.2) is 14.5 Å². The van der Waals surface area contributed by atoms with Crippen molar-refractivity contribution in [2.45, 2.75) is 6.73 Å². The Hall–Kier alpha value is -3.89. The van der Waals surface area contributed by atoms with Gasteiger partial charge in [0.2, 0.25) is 11.8 Å². The first-order valence-corrected chi connectivity index (χ1v) is 11.4. The molecule has 0 fully saturated rings. The van der Waals surface area contributed by atoms with Gasteiger partial charge in [-0.1, -0.05) is 6.58 Å². The summed E-state index contributed by atoms with van der Waals surface area (Å²) < 4.78 is 22.7. The molecule has 12 heteroatoms. The third-order valence-corrected chi connectivity index (χ3v) is 5.31. The van der Waals surface area contributed by atoms with Crippen LogP contribution in [0.5, 0.6) is 5.88 Å². The van der Waals surface area contributed by atoms with Crippen LogP contribution in [0, 0.1) is 0 Å². The average molecular weight is 481 g/mol. The second kappa shape index (κ2) is 9.54. The van der Waals surface area contributed by atoms with E-state index in [-0.39, 0.29) is 5.91 Å². The fraction of sp³-hybridized carbons (Fsp3) is 0.0909. The fourth-order valence-corrected chi connectivity index (χ4v) is 3.62. The molecule has 0 spiro atoms. The van der Waals surface area contributed by atoms with E-state index in [9.17, 15) is 9.36 Å². The van der Waals surface area contributed by atoms with Crippen LogP contribution in [0.25, 0.3) is 33.3 Å². The number of carbonyl (C=O) groups is 1. The number of nitrogens with one attached hydrogen (secondary N) is 1. The Labute approximate surface area is 194 Å². The standard InChI is InChI=1S/C22H20N5O6P/c1-3-20(28)26-17-6-15(9-23-11-17)16-7-18-19(14-4-5-24-21(8-14)32-2)12-27(22(18)25-10-16)13-33-34(29,30)31/h3-12H,1,13H2,2H3,(H,26,28)(H2,29,30,31). The smallest absolute Gasteiger partial charge is 0.471 e. The second-order valence-corrected chi connectivity index (χ2v) is 8.34. The predicted molar refractivity (Wildman–Crippen MR) is 125 cm³/mol. The van der Waals surface area contributed by atoms with Crippen LogP contribution in [0.2, 0.25) is 0 Å². The van der Waals surface area contributed by atoms with Crippen molar-refractivity contribution in [2.24, 2.45) is 0 Å². The van der Waals surface area contributed by atoms with Crippen LogP contribution in [0.3, 0.4) is 0 Å². The maximum atomic E-state index is 11.6. The molecule has 174 valence electrons. The third-order valence-electron chi connectivity index (χ3n) is 4.86. The van der Waals surface area contributed by atoms with Crippen LogP contribution in [-0.4, -0.2) is 42.3 Å². The Balaban J connectivity index is 1.83. The first-order chi connectivity index (χ1) is 16.3. The van der Waals surface area contributed by atoms with Crippen LogP contribution in [0.15, 0.2) is 67.9 Å². The summed E-state index contributed by atoms with van der Waals surface area (Å²) in [6, 6.07) is 7.14. The number of phosphoric ester groups is 1. The summed E-state index contributed by atoms with van der Waals surface area (Å²) >= 11 is 0. The largest absolute Gasteiger partial charge is 0.481 e. The highest BCUT2D eigenvalue weighted by atomic mass is 31.2. The zero-order valence-corrected chi connectivity index (χ0v) is 18.8. The molecule has 0 bridgehead atoms. The maximum absolute atomic E-state index is 11.6. The van der Waals surface area contributed by atoms with Crippen molar-refractivity contribution in [3.05, 3.63) is 67.9 Å². The quantitative estimate of drug-likeness (QED) is 0.254. The molecule has 11 nitrogen and oxygen atoms in total. The van der Waals surface area contributed by atoms with Gasteiger partial charge in [-0.2, -0.15) is 0 Å². The predicted octanol–water partition coefficient (Wildman–Crippen LogP) is 3.36. The molecule has 0 atom stereocenters. The summed E-state index contributed by atoms with van der Waals surface area (Å²) in [5.41, 5.74) is 3.85. The minimum absolute atomic E-state index is 0.358. The van der Waals surface area contributed by atoms with Gasteiger partial charge in [0.15, 0.2) is 0 Å². The molecule has 0 aliphatic rings. The Morgan fingerprint density at radius 2 is 1.97 bits per heavy atom. The molecule has 0 aliphatic carbocycles. The summed E-state index contributed by atoms with van der Waals surface area (Å²) in [6.07, 6.45) is 9.19. The highest BCUT2D eigenvalue weighted by molar-refractivity contribution is 7.46. The van der Waals surface area contributed by atoms with Crippen molar-refractivity contribution >= 4 is 30.5 Å². The summed E-state index contributed by atoms with van der Waals surface area (Å²) in [7, 11) is -3.18. The lowest BCUT2D eigenvalue weighted by molar-refractivity contribution is -0.111. The van der Waals surface area contributed by atoms with Crippen LogP contribution in [-0.2, 0) is 20.6 Å². The molecule has 4 aromatic heterocycles. The number of methoxy groups -OCH3 is 1. The zero-order chi connectivity index (χ0) is 24.3. The number of anilines is 1. The van der Waals surface area contributed by atoms with E-state index in [0.717, 1.165) is 17.2 Å². The summed E-state index contributed by atoms with van der Waals surface area (Å²) in [5.74, 6) is 0.0485. The lowest BCUT2D eigenvalue weighted by Crippen LogP contribution is -2.07. The van der Waals surface area contributed by atoms with Gasteiger partial charge in [0.1, 0.15) is 12.4 Å². The van der Waals surface area contributed by atoms with Crippen molar-refractivity contribution in [1.82, 2.24) is 19.5 Å². The minimum atomic E-state index is -4.69. The number of aromatic nitrogens is 4. The number of hydrogen-bond donors (Lipinski definition) is 3. The number of ether oxygens (including phenoxy) is 1. The lowest BCUT2D eigenvalue weighted by Gasteiger charge is -2.08. The highest BCUT2D eigenvalue weighted by Gasteiger charge is 2.18. The maximum Gasteiger partial charge on any atom is 0.471 e. The number of amides is 1. The van der Waals surface area contributed by atoms with Crippen LogP contribution in [0.1, 0.15) is 0 Å². The molecule has 0 radical (unpaired) electrons. The molecule has 1 amide bonds. The van der Waals surface area contributed by atoms with Gasteiger partial charge in [-0.3, -0.25) is 14.3 Å². The molecule has 4 rings (SSSR count). The van der Waals surface area contributed by atoms with Crippen LogP contribution in [0.4, 0.5) is 5.69 Å². The SMILES string of the molecule is C=CC(=O)Nc1cncc(-c2cnc3c(c2)c(-c2ccnc(OC)c2)cn3COP(=O)(O)O)c1. The molecule has 3 N–H and O–H groups in total. The summed E-state index contributed by atoms with van der Waals surface area (Å²) in [4.78, 5) is 42.7. The molecular weight excluding hydrogens is 461 g/mol. The number of fused-ring (bicyclic) bond motifs is 1. The first-order valence-electron chi connectivity index (χ1n) is 9.85. The number of hydrogen-bond acceptors (Lipinski definition) is 7. The molecule has 0 saturated carbocycles.